The van der Waals surface area contributed by atoms with Gasteiger partial charge in [-0.25, -0.2) is 4.98 Å². The number of hydrogen-bond donors (Lipinski definition) is 0. The quantitative estimate of drug-likeness (QED) is 0.167. The Morgan fingerprint density at radius 2 is 1.10 bits per heavy atom. The topological polar surface area (TPSA) is 69.9 Å². The van der Waals surface area contributed by atoms with Gasteiger partial charge in [0.15, 0.2) is 17.2 Å². The minimum Gasteiger partial charge on any atom is -0.456 e. The van der Waals surface area contributed by atoms with Crippen LogP contribution in [0, 0.1) is 0 Å². The second-order valence-electron chi connectivity index (χ2n) is 14.9. The predicted molar refractivity (Wildman–Crippen MR) is 256 cm³/mol. The van der Waals surface area contributed by atoms with Crippen molar-refractivity contribution < 1.29 is 28.0 Å². The van der Waals surface area contributed by atoms with Gasteiger partial charge in [0.05, 0.1) is 24.7 Å². The van der Waals surface area contributed by atoms with Gasteiger partial charge in [0.2, 0.25) is 5.95 Å². The first-order valence-electron chi connectivity index (χ1n) is 27.0. The Kier molecular flexibility index (Phi) is 5.32. The van der Waals surface area contributed by atoms with Crippen LogP contribution in [0.25, 0.3) is 128 Å². The van der Waals surface area contributed by atoms with E-state index in [1.807, 2.05) is 54.6 Å². The van der Waals surface area contributed by atoms with Gasteiger partial charge in [-0.05, 0) is 69.7 Å². The zero-order valence-corrected chi connectivity index (χ0v) is 32.7. The summed E-state index contributed by atoms with van der Waals surface area (Å²) in [6.45, 7) is 0. The molecule has 0 aliphatic carbocycles. The number of aromatic nitrogens is 4. The molecular formula is C57H34N4O2. The molecule has 0 N–H and O–H groups in total. The largest absolute Gasteiger partial charge is 0.456 e. The average Bonchev–Trinajstić information content (AvgIpc) is 4.22. The molecule has 0 amide bonds. The summed E-state index contributed by atoms with van der Waals surface area (Å²) in [5.41, 5.74) is 4.04. The molecule has 0 aliphatic heterocycles. The van der Waals surface area contributed by atoms with Crippen molar-refractivity contribution in [3.8, 4) is 62.1 Å². The Morgan fingerprint density at radius 1 is 0.397 bits per heavy atom. The zero-order chi connectivity index (χ0) is 53.6. The van der Waals surface area contributed by atoms with E-state index in [2.05, 4.69) is 0 Å². The van der Waals surface area contributed by atoms with Gasteiger partial charge in [0, 0.05) is 43.4 Å². The van der Waals surface area contributed by atoms with Gasteiger partial charge in [0.25, 0.3) is 0 Å². The summed E-state index contributed by atoms with van der Waals surface area (Å²) in [6, 6.07) is 29.7. The molecule has 0 radical (unpaired) electrons. The van der Waals surface area contributed by atoms with Gasteiger partial charge in [0.1, 0.15) is 22.3 Å². The van der Waals surface area contributed by atoms with E-state index in [-0.39, 0.29) is 90.6 Å². The molecule has 0 spiro atoms. The summed E-state index contributed by atoms with van der Waals surface area (Å²) in [6.07, 6.45) is 0. The van der Waals surface area contributed by atoms with Crippen molar-refractivity contribution in [2.45, 2.75) is 0 Å². The highest BCUT2D eigenvalue weighted by atomic mass is 16.3. The first-order chi connectivity index (χ1) is 37.0. The fourth-order valence-corrected chi connectivity index (χ4v) is 8.46. The highest BCUT2D eigenvalue weighted by Crippen LogP contribution is 2.44. The van der Waals surface area contributed by atoms with E-state index in [0.29, 0.717) is 44.2 Å². The number of nitrogens with zero attached hydrogens (tertiary/aromatic N) is 4. The monoisotopic (exact) mass is 820 g/mol. The van der Waals surface area contributed by atoms with Crippen LogP contribution < -0.4 is 0 Å². The van der Waals surface area contributed by atoms with Crippen LogP contribution in [0.2, 0.25) is 0 Å². The zero-order valence-electron chi connectivity index (χ0n) is 46.7. The summed E-state index contributed by atoms with van der Waals surface area (Å²) in [7, 11) is 0. The van der Waals surface area contributed by atoms with E-state index in [9.17, 15) is 6.85 Å². The molecule has 0 saturated carbocycles. The number of furan rings is 2. The molecule has 0 fully saturated rings. The molecule has 9 aromatic carbocycles. The van der Waals surface area contributed by atoms with Crippen molar-refractivity contribution in [3.63, 3.8) is 0 Å². The third-order valence-corrected chi connectivity index (χ3v) is 11.3. The minimum atomic E-state index is -0.578. The van der Waals surface area contributed by atoms with Crippen molar-refractivity contribution in [2.75, 3.05) is 0 Å². The Balaban J connectivity index is 1.15. The molecule has 0 bridgehead atoms. The summed E-state index contributed by atoms with van der Waals surface area (Å²) < 4.78 is 140. The maximum atomic E-state index is 9.79. The van der Waals surface area contributed by atoms with E-state index < -0.39 is 66.5 Å². The van der Waals surface area contributed by atoms with Gasteiger partial charge in [-0.3, -0.25) is 4.57 Å². The summed E-state index contributed by atoms with van der Waals surface area (Å²) >= 11 is 0. The first-order valence-corrected chi connectivity index (χ1v) is 20.0. The van der Waals surface area contributed by atoms with Crippen molar-refractivity contribution in [3.05, 3.63) is 206 Å². The second-order valence-corrected chi connectivity index (χ2v) is 14.9. The number of rotatable bonds is 6. The molecule has 4 heterocycles. The van der Waals surface area contributed by atoms with Gasteiger partial charge >= 0.3 is 0 Å². The summed E-state index contributed by atoms with van der Waals surface area (Å²) in [5.74, 6) is 0.0462. The SMILES string of the molecule is [2H]c1c([2H])c([2H])c(-c2cccc3oc4cc(-c5nc(-c6ccc(-c7ccccc7)cc6)nc(-n6c7c([2H])c([2H])c([2H])c(-c8ccccc8)c7c7c([2H])c([2H])c8c(oc9c([2H])c([2H])c([2H])c([2H])c98)c76)n5)ccc4c23)c([2H])c1[2H]. The Morgan fingerprint density at radius 3 is 1.92 bits per heavy atom. The van der Waals surface area contributed by atoms with E-state index in [4.69, 9.17) is 36.1 Å². The number of benzene rings is 9. The van der Waals surface area contributed by atoms with Crippen LogP contribution in [-0.2, 0) is 0 Å². The van der Waals surface area contributed by atoms with Crippen molar-refractivity contribution in [2.24, 2.45) is 0 Å². The first kappa shape index (κ1) is 24.0. The van der Waals surface area contributed by atoms with Gasteiger partial charge in [-0.1, -0.05) is 170 Å². The van der Waals surface area contributed by atoms with Crippen LogP contribution in [-0.4, -0.2) is 19.5 Å². The Labute approximate surface area is 380 Å². The van der Waals surface area contributed by atoms with Gasteiger partial charge in [-0.15, -0.1) is 0 Å². The molecule has 13 rings (SSSR count). The smallest absolute Gasteiger partial charge is 0.238 e. The molecule has 0 atom stereocenters. The maximum Gasteiger partial charge on any atom is 0.238 e. The van der Waals surface area contributed by atoms with E-state index in [0.717, 1.165) is 11.1 Å². The molecule has 4 aromatic heterocycles. The molecule has 6 heteroatoms. The van der Waals surface area contributed by atoms with E-state index in [1.165, 1.54) is 4.57 Å². The summed E-state index contributed by atoms with van der Waals surface area (Å²) in [4.78, 5) is 15.2. The van der Waals surface area contributed by atoms with Crippen LogP contribution in [0.3, 0.4) is 0 Å². The van der Waals surface area contributed by atoms with Crippen LogP contribution in [0.1, 0.15) is 19.2 Å². The molecule has 13 aromatic rings. The second kappa shape index (κ2) is 14.0. The minimum absolute atomic E-state index is 0.00446. The van der Waals surface area contributed by atoms with Crippen molar-refractivity contribution in [1.82, 2.24) is 19.5 Å². The Bertz CT molecular complexity index is 4700. The van der Waals surface area contributed by atoms with Crippen LogP contribution in [0.15, 0.2) is 215 Å². The van der Waals surface area contributed by atoms with Crippen LogP contribution in [0.5, 0.6) is 0 Å². The van der Waals surface area contributed by atoms with Crippen molar-refractivity contribution >= 4 is 65.7 Å². The van der Waals surface area contributed by atoms with E-state index >= 15 is 0 Å². The number of fused-ring (bicyclic) bond motifs is 10. The fourth-order valence-electron chi connectivity index (χ4n) is 8.46. The highest BCUT2D eigenvalue weighted by molar-refractivity contribution is 6.24. The summed E-state index contributed by atoms with van der Waals surface area (Å²) in [5, 5.41) is 0.958. The lowest BCUT2D eigenvalue weighted by molar-refractivity contribution is 0.669. The molecule has 0 unspecified atom stereocenters. The third kappa shape index (κ3) is 5.62. The third-order valence-electron chi connectivity index (χ3n) is 11.3. The Hall–Kier alpha value is -8.61. The highest BCUT2D eigenvalue weighted by Gasteiger charge is 2.24. The standard InChI is InChI=1S/C57H34N4O2/c1-4-14-35(15-5-1)36-26-28-39(29-27-36)55-58-56(40-30-31-45-50(34-40)62-49-25-13-22-42(52(45)49)38-18-8-3-9-19-38)60-57(59-55)61-47-23-12-21-41(37-16-6-2-7-17-37)51(47)46-33-32-44-43-20-10-11-24-48(43)63-54(44)53(46)61/h1-34H/i3D,8D,9D,10D,11D,12D,18D,19D,20D,21D,23D,24D,32D,33D. The molecule has 6 nitrogen and oxygen atoms in total. The number of para-hydroxylation sites is 1. The van der Waals surface area contributed by atoms with Gasteiger partial charge < -0.3 is 8.83 Å². The van der Waals surface area contributed by atoms with E-state index in [1.54, 1.807) is 66.7 Å². The maximum absolute atomic E-state index is 9.79. The molecule has 294 valence electrons. The number of hydrogen-bond acceptors (Lipinski definition) is 5. The average molecular weight is 821 g/mol. The normalized spacial score (nSPS) is 14.9. The predicted octanol–water partition coefficient (Wildman–Crippen LogP) is 15.1. The van der Waals surface area contributed by atoms with Gasteiger partial charge in [-0.2, -0.15) is 9.97 Å². The van der Waals surface area contributed by atoms with Crippen LogP contribution in [0.4, 0.5) is 0 Å². The lowest BCUT2D eigenvalue weighted by atomic mass is 9.99. The molecule has 0 aliphatic rings. The molecule has 63 heavy (non-hydrogen) atoms. The molecular weight excluding hydrogens is 773 g/mol. The molecule has 0 saturated heterocycles. The fraction of sp³-hybridized carbons (Fsp3) is 0. The van der Waals surface area contributed by atoms with Crippen molar-refractivity contribution in [1.29, 1.82) is 0 Å². The lowest BCUT2D eigenvalue weighted by Crippen LogP contribution is -2.06. The lowest BCUT2D eigenvalue weighted by Gasteiger charge is -2.12. The van der Waals surface area contributed by atoms with Crippen LogP contribution >= 0.6 is 0 Å².